The minimum Gasteiger partial charge on any atom is -0.483 e. The van der Waals surface area contributed by atoms with Gasteiger partial charge in [-0.1, -0.05) is 28.1 Å². The molecule has 2 aromatic carbocycles. The van der Waals surface area contributed by atoms with E-state index in [1.807, 2.05) is 17.0 Å². The lowest BCUT2D eigenvalue weighted by molar-refractivity contribution is -0.136. The number of ether oxygens (including phenoxy) is 1. The number of carbonyl (C=O) groups is 2. The summed E-state index contributed by atoms with van der Waals surface area (Å²) in [4.78, 5) is 28.4. The van der Waals surface area contributed by atoms with E-state index in [1.165, 1.54) is 18.6 Å². The smallest absolute Gasteiger partial charge is 0.307 e. The number of carbonyl (C=O) groups excluding carboxylic acids is 1. The number of hydrogen-bond acceptors (Lipinski definition) is 4. The molecule has 0 radical (unpaired) electrons. The molecular formula is C26H30BrFN2O4. The Bertz CT molecular complexity index is 1020. The van der Waals surface area contributed by atoms with Crippen molar-refractivity contribution in [3.8, 4) is 5.75 Å². The van der Waals surface area contributed by atoms with Crippen LogP contribution in [0.1, 0.15) is 30.4 Å². The number of amides is 1. The number of benzene rings is 2. The summed E-state index contributed by atoms with van der Waals surface area (Å²) in [5.74, 6) is -0.855. The number of hydrogen-bond donors (Lipinski definition) is 1. The Hall–Kier alpha value is -2.45. The minimum absolute atomic E-state index is 0.0657. The first-order valence-corrected chi connectivity index (χ1v) is 12.5. The Morgan fingerprint density at radius 2 is 1.76 bits per heavy atom. The topological polar surface area (TPSA) is 70.1 Å². The van der Waals surface area contributed by atoms with Gasteiger partial charge in [0.25, 0.3) is 5.91 Å². The zero-order valence-corrected chi connectivity index (χ0v) is 20.7. The molecule has 0 aliphatic carbocycles. The van der Waals surface area contributed by atoms with Crippen molar-refractivity contribution in [3.05, 3.63) is 63.9 Å². The maximum Gasteiger partial charge on any atom is 0.307 e. The van der Waals surface area contributed by atoms with Gasteiger partial charge in [0.05, 0.1) is 6.42 Å². The molecule has 182 valence electrons. The fourth-order valence-corrected chi connectivity index (χ4v) is 5.30. The SMILES string of the molecule is O=C(O)Cc1cc(Br)ccc1OCC(=O)N1CCC(Cc2ccc(F)cc2)(CN2CCC2)CC1. The van der Waals surface area contributed by atoms with Gasteiger partial charge in [-0.05, 0) is 80.1 Å². The predicted molar refractivity (Wildman–Crippen MR) is 130 cm³/mol. The number of rotatable bonds is 9. The average Bonchev–Trinajstić information content (AvgIpc) is 2.77. The molecular weight excluding hydrogens is 503 g/mol. The first-order valence-electron chi connectivity index (χ1n) is 11.7. The maximum absolute atomic E-state index is 13.4. The van der Waals surface area contributed by atoms with Gasteiger partial charge in [-0.25, -0.2) is 4.39 Å². The van der Waals surface area contributed by atoms with Crippen LogP contribution in [0.4, 0.5) is 4.39 Å². The Morgan fingerprint density at radius 1 is 1.06 bits per heavy atom. The van der Waals surface area contributed by atoms with Crippen molar-refractivity contribution in [3.63, 3.8) is 0 Å². The standard InChI is InChI=1S/C26H30BrFN2O4/c27-21-4-7-23(20(14-21)15-25(32)33)34-17-24(31)30-12-8-26(9-13-30,18-29-10-1-11-29)16-19-2-5-22(28)6-3-19/h2-7,14H,1,8-13,15-18H2,(H,32,33). The van der Waals surface area contributed by atoms with Crippen molar-refractivity contribution in [2.75, 3.05) is 39.3 Å². The highest BCUT2D eigenvalue weighted by atomic mass is 79.9. The Kier molecular flexibility index (Phi) is 7.88. The zero-order chi connectivity index (χ0) is 24.1. The van der Waals surface area contributed by atoms with E-state index < -0.39 is 5.97 Å². The molecule has 0 bridgehead atoms. The number of likely N-dealkylation sites (tertiary alicyclic amines) is 2. The molecule has 34 heavy (non-hydrogen) atoms. The van der Waals surface area contributed by atoms with Gasteiger partial charge in [0.15, 0.2) is 6.61 Å². The molecule has 6 nitrogen and oxygen atoms in total. The van der Waals surface area contributed by atoms with E-state index in [9.17, 15) is 14.0 Å². The molecule has 2 saturated heterocycles. The van der Waals surface area contributed by atoms with Gasteiger partial charge in [-0.2, -0.15) is 0 Å². The average molecular weight is 533 g/mol. The molecule has 2 heterocycles. The Morgan fingerprint density at radius 3 is 2.38 bits per heavy atom. The van der Waals surface area contributed by atoms with E-state index in [0.717, 1.165) is 48.9 Å². The van der Waals surface area contributed by atoms with Crippen molar-refractivity contribution in [2.45, 2.75) is 32.1 Å². The van der Waals surface area contributed by atoms with Gasteiger partial charge in [0.1, 0.15) is 11.6 Å². The lowest BCUT2D eigenvalue weighted by Gasteiger charge is -2.46. The summed E-state index contributed by atoms with van der Waals surface area (Å²) in [5, 5.41) is 9.15. The molecule has 2 fully saturated rings. The lowest BCUT2D eigenvalue weighted by atomic mass is 9.73. The second-order valence-electron chi connectivity index (χ2n) is 9.42. The highest BCUT2D eigenvalue weighted by Gasteiger charge is 2.38. The minimum atomic E-state index is -0.954. The number of carboxylic acids is 1. The second kappa shape index (κ2) is 10.9. The molecule has 4 rings (SSSR count). The third-order valence-corrected chi connectivity index (χ3v) is 7.39. The van der Waals surface area contributed by atoms with Crippen LogP contribution in [0.5, 0.6) is 5.75 Å². The van der Waals surface area contributed by atoms with Crippen LogP contribution < -0.4 is 4.74 Å². The molecule has 2 aliphatic rings. The summed E-state index contributed by atoms with van der Waals surface area (Å²) in [5.41, 5.74) is 1.73. The fourth-order valence-electron chi connectivity index (χ4n) is 4.89. The first kappa shape index (κ1) is 24.7. The fraction of sp³-hybridized carbons (Fsp3) is 0.462. The van der Waals surface area contributed by atoms with Crippen molar-refractivity contribution in [2.24, 2.45) is 5.41 Å². The van der Waals surface area contributed by atoms with Crippen molar-refractivity contribution >= 4 is 27.8 Å². The molecule has 0 unspecified atom stereocenters. The quantitative estimate of drug-likeness (QED) is 0.525. The second-order valence-corrected chi connectivity index (χ2v) is 10.3. The summed E-state index contributed by atoms with van der Waals surface area (Å²) in [6.45, 7) is 4.42. The maximum atomic E-state index is 13.4. The number of halogens is 2. The van der Waals surface area contributed by atoms with E-state index >= 15 is 0 Å². The van der Waals surface area contributed by atoms with Crippen LogP contribution >= 0.6 is 15.9 Å². The van der Waals surface area contributed by atoms with Crippen LogP contribution in [-0.4, -0.2) is 66.1 Å². The van der Waals surface area contributed by atoms with Crippen molar-refractivity contribution in [1.82, 2.24) is 9.80 Å². The van der Waals surface area contributed by atoms with Gasteiger partial charge in [-0.15, -0.1) is 0 Å². The Balaban J connectivity index is 1.36. The highest BCUT2D eigenvalue weighted by molar-refractivity contribution is 9.10. The highest BCUT2D eigenvalue weighted by Crippen LogP contribution is 2.37. The number of aliphatic carboxylic acids is 1. The third-order valence-electron chi connectivity index (χ3n) is 6.89. The monoisotopic (exact) mass is 532 g/mol. The van der Waals surface area contributed by atoms with E-state index in [-0.39, 0.29) is 30.2 Å². The van der Waals surface area contributed by atoms with Gasteiger partial charge in [0.2, 0.25) is 0 Å². The first-order chi connectivity index (χ1) is 16.3. The molecule has 2 aromatic rings. The van der Waals surface area contributed by atoms with Crippen molar-refractivity contribution < 1.29 is 23.8 Å². The molecule has 0 spiro atoms. The number of nitrogens with zero attached hydrogens (tertiary/aromatic N) is 2. The van der Waals surface area contributed by atoms with E-state index in [4.69, 9.17) is 9.84 Å². The summed E-state index contributed by atoms with van der Waals surface area (Å²) in [6.07, 6.45) is 3.70. The van der Waals surface area contributed by atoms with Crippen LogP contribution in [0.3, 0.4) is 0 Å². The van der Waals surface area contributed by atoms with Crippen LogP contribution in [0.15, 0.2) is 46.9 Å². The number of piperidine rings is 1. The van der Waals surface area contributed by atoms with E-state index in [1.54, 1.807) is 18.2 Å². The zero-order valence-electron chi connectivity index (χ0n) is 19.1. The normalized spacial score (nSPS) is 17.8. The molecule has 0 saturated carbocycles. The predicted octanol–water partition coefficient (Wildman–Crippen LogP) is 4.15. The van der Waals surface area contributed by atoms with Gasteiger partial charge >= 0.3 is 5.97 Å². The summed E-state index contributed by atoms with van der Waals surface area (Å²) in [6, 6.07) is 11.9. The summed E-state index contributed by atoms with van der Waals surface area (Å²) < 4.78 is 19.9. The summed E-state index contributed by atoms with van der Waals surface area (Å²) >= 11 is 3.35. The molecule has 8 heteroatoms. The van der Waals surface area contributed by atoms with E-state index in [2.05, 4.69) is 20.8 Å². The molecule has 1 N–H and O–H groups in total. The summed E-state index contributed by atoms with van der Waals surface area (Å²) in [7, 11) is 0. The molecule has 1 amide bonds. The number of carboxylic acid groups (broad SMARTS) is 1. The van der Waals surface area contributed by atoms with Gasteiger partial charge in [0, 0.05) is 29.7 Å². The van der Waals surface area contributed by atoms with E-state index in [0.29, 0.717) is 24.4 Å². The van der Waals surface area contributed by atoms with Crippen LogP contribution in [0, 0.1) is 11.2 Å². The molecule has 0 aromatic heterocycles. The van der Waals surface area contributed by atoms with Crippen LogP contribution in [-0.2, 0) is 22.4 Å². The van der Waals surface area contributed by atoms with Crippen LogP contribution in [0.2, 0.25) is 0 Å². The largest absolute Gasteiger partial charge is 0.483 e. The van der Waals surface area contributed by atoms with Crippen molar-refractivity contribution in [1.29, 1.82) is 0 Å². The molecule has 0 atom stereocenters. The van der Waals surface area contributed by atoms with Gasteiger partial charge < -0.3 is 19.6 Å². The molecule has 2 aliphatic heterocycles. The Labute approximate surface area is 207 Å². The lowest BCUT2D eigenvalue weighted by Crippen LogP contribution is -2.52. The van der Waals surface area contributed by atoms with Gasteiger partial charge in [-0.3, -0.25) is 9.59 Å². The third kappa shape index (κ3) is 6.36. The van der Waals surface area contributed by atoms with Crippen LogP contribution in [0.25, 0.3) is 0 Å².